The summed E-state index contributed by atoms with van der Waals surface area (Å²) < 4.78 is 2.47. The zero-order valence-corrected chi connectivity index (χ0v) is 27.5. The molecule has 236 valence electrons. The van der Waals surface area contributed by atoms with Crippen LogP contribution in [-0.4, -0.2) is 4.57 Å². The lowest BCUT2D eigenvalue weighted by molar-refractivity contribution is 1.18. The predicted octanol–water partition coefficient (Wildman–Crippen LogP) is 13.3. The molecule has 0 amide bonds. The smallest absolute Gasteiger partial charge is 0.0547 e. The van der Waals surface area contributed by atoms with Gasteiger partial charge in [0.25, 0.3) is 0 Å². The molecule has 0 aliphatic rings. The summed E-state index contributed by atoms with van der Waals surface area (Å²) in [5, 5.41) is 2.48. The van der Waals surface area contributed by atoms with Gasteiger partial charge in [-0.15, -0.1) is 0 Å². The van der Waals surface area contributed by atoms with Crippen LogP contribution in [0.25, 0.3) is 60.9 Å². The van der Waals surface area contributed by atoms with Crippen LogP contribution in [0, 0.1) is 0 Å². The Morgan fingerprint density at radius 3 is 1.28 bits per heavy atom. The molecule has 0 bridgehead atoms. The first-order chi connectivity index (χ1) is 24.8. The van der Waals surface area contributed by atoms with E-state index in [1.54, 1.807) is 0 Å². The molecule has 0 radical (unpaired) electrons. The molecule has 2 nitrogen and oxygen atoms in total. The largest absolute Gasteiger partial charge is 0.310 e. The molecule has 0 atom stereocenters. The summed E-state index contributed by atoms with van der Waals surface area (Å²) in [6, 6.07) is 74.1. The summed E-state index contributed by atoms with van der Waals surface area (Å²) in [5.41, 5.74) is 14.0. The number of hydrogen-bond donors (Lipinski definition) is 0. The van der Waals surface area contributed by atoms with Crippen molar-refractivity contribution in [2.24, 2.45) is 0 Å². The molecule has 8 aromatic carbocycles. The van der Waals surface area contributed by atoms with Crippen LogP contribution in [-0.2, 0) is 0 Å². The van der Waals surface area contributed by atoms with Crippen LogP contribution < -0.4 is 4.90 Å². The van der Waals surface area contributed by atoms with Gasteiger partial charge in [-0.1, -0.05) is 152 Å². The van der Waals surface area contributed by atoms with Crippen LogP contribution in [0.15, 0.2) is 206 Å². The van der Waals surface area contributed by atoms with E-state index in [-0.39, 0.29) is 0 Å². The number of fused-ring (bicyclic) bond motifs is 3. The Balaban J connectivity index is 1.28. The first-order valence-electron chi connectivity index (χ1n) is 17.1. The molecule has 9 aromatic rings. The van der Waals surface area contributed by atoms with E-state index in [1.165, 1.54) is 49.6 Å². The maximum Gasteiger partial charge on any atom is 0.0547 e. The Morgan fingerprint density at radius 2 is 0.740 bits per heavy atom. The normalized spacial score (nSPS) is 11.2. The molecule has 0 fully saturated rings. The van der Waals surface area contributed by atoms with Crippen LogP contribution >= 0.6 is 0 Å². The van der Waals surface area contributed by atoms with Gasteiger partial charge < -0.3 is 9.47 Å². The van der Waals surface area contributed by atoms with Gasteiger partial charge in [0.2, 0.25) is 0 Å². The van der Waals surface area contributed by atoms with Gasteiger partial charge in [0.15, 0.2) is 0 Å². The summed E-state index contributed by atoms with van der Waals surface area (Å²) in [7, 11) is 0. The molecule has 0 unspecified atom stereocenters. The van der Waals surface area contributed by atoms with Crippen molar-refractivity contribution in [3.05, 3.63) is 206 Å². The summed E-state index contributed by atoms with van der Waals surface area (Å²) >= 11 is 0. The fourth-order valence-electron chi connectivity index (χ4n) is 7.23. The average Bonchev–Trinajstić information content (AvgIpc) is 3.52. The van der Waals surface area contributed by atoms with Gasteiger partial charge in [-0.3, -0.25) is 0 Å². The highest BCUT2D eigenvalue weighted by Crippen LogP contribution is 2.41. The quantitative estimate of drug-likeness (QED) is 0.169. The Kier molecular flexibility index (Phi) is 7.53. The van der Waals surface area contributed by atoms with E-state index in [9.17, 15) is 0 Å². The fraction of sp³-hybridized carbons (Fsp3) is 0. The van der Waals surface area contributed by atoms with Gasteiger partial charge in [0.05, 0.1) is 16.7 Å². The Bertz CT molecular complexity index is 2430. The van der Waals surface area contributed by atoms with E-state index in [0.717, 1.165) is 28.3 Å². The molecule has 0 saturated carbocycles. The fourth-order valence-corrected chi connectivity index (χ4v) is 7.23. The first kappa shape index (κ1) is 29.5. The lowest BCUT2D eigenvalue weighted by atomic mass is 10.0. The topological polar surface area (TPSA) is 8.17 Å². The minimum Gasteiger partial charge on any atom is -0.310 e. The molecule has 1 aromatic heterocycles. The number of nitrogens with zero attached hydrogens (tertiary/aromatic N) is 2. The van der Waals surface area contributed by atoms with Crippen molar-refractivity contribution in [2.75, 3.05) is 4.90 Å². The van der Waals surface area contributed by atoms with Crippen LogP contribution in [0.4, 0.5) is 17.1 Å². The van der Waals surface area contributed by atoms with E-state index in [4.69, 9.17) is 0 Å². The third-order valence-corrected chi connectivity index (χ3v) is 9.57. The van der Waals surface area contributed by atoms with Crippen molar-refractivity contribution in [3.8, 4) is 39.1 Å². The highest BCUT2D eigenvalue weighted by molar-refractivity contribution is 6.11. The Hall–Kier alpha value is -6.64. The van der Waals surface area contributed by atoms with E-state index in [1.807, 2.05) is 0 Å². The van der Waals surface area contributed by atoms with Crippen molar-refractivity contribution < 1.29 is 0 Å². The second kappa shape index (κ2) is 12.8. The van der Waals surface area contributed by atoms with Gasteiger partial charge in [-0.25, -0.2) is 0 Å². The SMILES string of the molecule is c1ccc(-c2ccc3c4ccc(-c5ccccc5)cc4n(-c4ccccc4-c4cccc(N(c5ccccc5)c5ccccc5)c4)c3c2)cc1. The number of aromatic nitrogens is 1. The second-order valence-corrected chi connectivity index (χ2v) is 12.6. The van der Waals surface area contributed by atoms with Crippen molar-refractivity contribution in [3.63, 3.8) is 0 Å². The van der Waals surface area contributed by atoms with Crippen molar-refractivity contribution in [2.45, 2.75) is 0 Å². The number of rotatable bonds is 7. The zero-order chi connectivity index (χ0) is 33.3. The van der Waals surface area contributed by atoms with Crippen molar-refractivity contribution in [1.29, 1.82) is 0 Å². The molecule has 50 heavy (non-hydrogen) atoms. The minimum absolute atomic E-state index is 1.11. The molecular formula is C48H34N2. The molecule has 9 rings (SSSR count). The van der Waals surface area contributed by atoms with Gasteiger partial charge in [0.1, 0.15) is 0 Å². The Morgan fingerprint density at radius 1 is 0.300 bits per heavy atom. The average molecular weight is 639 g/mol. The van der Waals surface area contributed by atoms with Crippen LogP contribution in [0.1, 0.15) is 0 Å². The maximum absolute atomic E-state index is 2.47. The lowest BCUT2D eigenvalue weighted by Crippen LogP contribution is -2.09. The highest BCUT2D eigenvalue weighted by Gasteiger charge is 2.19. The van der Waals surface area contributed by atoms with Gasteiger partial charge >= 0.3 is 0 Å². The molecule has 2 heteroatoms. The Labute approximate surface area is 292 Å². The monoisotopic (exact) mass is 638 g/mol. The summed E-state index contributed by atoms with van der Waals surface area (Å²) in [4.78, 5) is 2.32. The molecule has 0 saturated heterocycles. The minimum atomic E-state index is 1.11. The third-order valence-electron chi connectivity index (χ3n) is 9.57. The number of benzene rings is 8. The molecule has 1 heterocycles. The summed E-state index contributed by atoms with van der Waals surface area (Å²) in [6.07, 6.45) is 0. The maximum atomic E-state index is 2.47. The van der Waals surface area contributed by atoms with Gasteiger partial charge in [-0.2, -0.15) is 0 Å². The third kappa shape index (κ3) is 5.34. The second-order valence-electron chi connectivity index (χ2n) is 12.6. The number of para-hydroxylation sites is 3. The highest BCUT2D eigenvalue weighted by atomic mass is 15.1. The van der Waals surface area contributed by atoms with E-state index < -0.39 is 0 Å². The van der Waals surface area contributed by atoms with Crippen LogP contribution in [0.3, 0.4) is 0 Å². The molecule has 0 spiro atoms. The summed E-state index contributed by atoms with van der Waals surface area (Å²) in [6.45, 7) is 0. The standard InChI is InChI=1S/C48H34N2/c1-5-16-35(17-6-1)37-28-30-44-45-31-29-38(36-18-7-2-8-19-36)34-48(45)50(47(44)33-37)46-27-14-13-26-43(46)39-20-15-25-42(32-39)49(40-21-9-3-10-22-40)41-23-11-4-12-24-41/h1-34H. The van der Waals surface area contributed by atoms with E-state index in [0.29, 0.717) is 0 Å². The van der Waals surface area contributed by atoms with Crippen molar-refractivity contribution in [1.82, 2.24) is 4.57 Å². The number of anilines is 3. The van der Waals surface area contributed by atoms with E-state index in [2.05, 4.69) is 216 Å². The number of hydrogen-bond acceptors (Lipinski definition) is 1. The van der Waals surface area contributed by atoms with Gasteiger partial charge in [-0.05, 0) is 82.4 Å². The molecule has 0 aliphatic carbocycles. The summed E-state index contributed by atoms with van der Waals surface area (Å²) in [5.74, 6) is 0. The van der Waals surface area contributed by atoms with E-state index >= 15 is 0 Å². The van der Waals surface area contributed by atoms with Crippen LogP contribution in [0.5, 0.6) is 0 Å². The zero-order valence-electron chi connectivity index (χ0n) is 27.5. The molecule has 0 aliphatic heterocycles. The molecule has 0 N–H and O–H groups in total. The predicted molar refractivity (Wildman–Crippen MR) is 212 cm³/mol. The lowest BCUT2D eigenvalue weighted by Gasteiger charge is -2.26. The van der Waals surface area contributed by atoms with Crippen LogP contribution in [0.2, 0.25) is 0 Å². The van der Waals surface area contributed by atoms with Gasteiger partial charge in [0, 0.05) is 33.4 Å². The first-order valence-corrected chi connectivity index (χ1v) is 17.1. The van der Waals surface area contributed by atoms with Crippen molar-refractivity contribution >= 4 is 38.9 Å². The molecular weight excluding hydrogens is 605 g/mol.